The minimum atomic E-state index is -0.600. The number of nitrogens with one attached hydrogen (secondary N) is 2. The molecule has 1 saturated carbocycles. The van der Waals surface area contributed by atoms with Gasteiger partial charge < -0.3 is 26.0 Å². The number of nitrogens with zero attached hydrogens (tertiary/aromatic N) is 3. The fourth-order valence-corrected chi connectivity index (χ4v) is 5.96. The predicted octanol–water partition coefficient (Wildman–Crippen LogP) is 3.48. The highest BCUT2D eigenvalue weighted by Gasteiger charge is 2.68. The first-order valence-electron chi connectivity index (χ1n) is 13.4. The van der Waals surface area contributed by atoms with Crippen LogP contribution in [0.15, 0.2) is 54.6 Å². The first kappa shape index (κ1) is 26.6. The molecule has 2 amide bonds. The van der Waals surface area contributed by atoms with Gasteiger partial charge in [-0.1, -0.05) is 31.2 Å². The van der Waals surface area contributed by atoms with Crippen molar-refractivity contribution in [3.63, 3.8) is 0 Å². The van der Waals surface area contributed by atoms with E-state index in [4.69, 9.17) is 15.5 Å². The van der Waals surface area contributed by atoms with Gasteiger partial charge in [-0.15, -0.1) is 0 Å². The molecule has 2 aliphatic heterocycles. The van der Waals surface area contributed by atoms with Crippen molar-refractivity contribution in [3.8, 4) is 11.1 Å². The average Bonchev–Trinajstić information content (AvgIpc) is 3.45. The SMILES string of the molecule is CCC12CN(c3cc(CNC(=O)c4ccc(-c5ccc(N)cc5)cc4)nc(C)n3)C(C(=O)NCCOC)(C1)C2. The monoisotopic (exact) mass is 528 g/mol. The Balaban J connectivity index is 1.28. The third kappa shape index (κ3) is 5.18. The Morgan fingerprint density at radius 1 is 1.03 bits per heavy atom. The summed E-state index contributed by atoms with van der Waals surface area (Å²) in [4.78, 5) is 37.6. The van der Waals surface area contributed by atoms with Crippen LogP contribution in [0.25, 0.3) is 11.1 Å². The second-order valence-electron chi connectivity index (χ2n) is 10.7. The van der Waals surface area contributed by atoms with Crippen molar-refractivity contribution < 1.29 is 14.3 Å². The summed E-state index contributed by atoms with van der Waals surface area (Å²) in [5, 5.41) is 6.01. The molecule has 204 valence electrons. The topological polar surface area (TPSA) is 122 Å². The molecule has 3 aromatic rings. The molecule has 1 aliphatic carbocycles. The third-order valence-corrected chi connectivity index (χ3v) is 8.08. The molecule has 3 aliphatic rings. The minimum Gasteiger partial charge on any atom is -0.399 e. The number of ether oxygens (including phenoxy) is 1. The molecule has 2 saturated heterocycles. The van der Waals surface area contributed by atoms with E-state index in [9.17, 15) is 9.59 Å². The largest absolute Gasteiger partial charge is 0.399 e. The van der Waals surface area contributed by atoms with Gasteiger partial charge in [-0.05, 0) is 67.0 Å². The summed E-state index contributed by atoms with van der Waals surface area (Å²) in [6.45, 7) is 6.02. The van der Waals surface area contributed by atoms with Crippen molar-refractivity contribution in [2.45, 2.75) is 45.2 Å². The molecule has 0 unspecified atom stereocenters. The summed E-state index contributed by atoms with van der Waals surface area (Å²) in [6.07, 6.45) is 2.65. The van der Waals surface area contributed by atoms with E-state index in [2.05, 4.69) is 27.4 Å². The van der Waals surface area contributed by atoms with Gasteiger partial charge >= 0.3 is 0 Å². The maximum absolute atomic E-state index is 13.3. The van der Waals surface area contributed by atoms with E-state index >= 15 is 0 Å². The summed E-state index contributed by atoms with van der Waals surface area (Å²) >= 11 is 0. The van der Waals surface area contributed by atoms with Crippen molar-refractivity contribution >= 4 is 23.3 Å². The van der Waals surface area contributed by atoms with Crippen LogP contribution < -0.4 is 21.3 Å². The average molecular weight is 529 g/mol. The normalized spacial score (nSPS) is 21.4. The molecule has 2 aromatic carbocycles. The summed E-state index contributed by atoms with van der Waals surface area (Å²) in [5.41, 5.74) is 9.34. The quantitative estimate of drug-likeness (QED) is 0.272. The van der Waals surface area contributed by atoms with Crippen molar-refractivity contribution in [1.82, 2.24) is 20.6 Å². The molecular formula is C30H36N6O3. The Morgan fingerprint density at radius 3 is 2.33 bits per heavy atom. The van der Waals surface area contributed by atoms with Gasteiger partial charge in [0.05, 0.1) is 18.8 Å². The number of nitrogen functional groups attached to an aromatic ring is 1. The first-order chi connectivity index (χ1) is 18.8. The molecule has 0 spiro atoms. The van der Waals surface area contributed by atoms with Crippen LogP contribution in [0, 0.1) is 12.3 Å². The van der Waals surface area contributed by atoms with Gasteiger partial charge in [0.2, 0.25) is 5.91 Å². The number of carbonyl (C=O) groups is 2. The fourth-order valence-electron chi connectivity index (χ4n) is 5.96. The Hall–Kier alpha value is -3.98. The maximum atomic E-state index is 13.3. The molecule has 3 heterocycles. The number of nitrogens with two attached hydrogens (primary N) is 1. The van der Waals surface area contributed by atoms with Gasteiger partial charge in [-0.3, -0.25) is 9.59 Å². The molecule has 1 aromatic heterocycles. The maximum Gasteiger partial charge on any atom is 0.251 e. The lowest BCUT2D eigenvalue weighted by Gasteiger charge is -2.46. The highest BCUT2D eigenvalue weighted by atomic mass is 16.5. The standard InChI is InChI=1S/C30H36N6O3/c1-4-29-17-30(18-29,28(38)32-13-14-39-3)36(19-29)26-15-25(34-20(2)35-26)16-33-27(37)23-7-5-21(6-8-23)22-9-11-24(31)12-10-22/h5-12,15H,4,13-14,16-19,31H2,1-3H3,(H,32,38)(H,33,37). The molecular weight excluding hydrogens is 492 g/mol. The van der Waals surface area contributed by atoms with Crippen LogP contribution in [0.2, 0.25) is 0 Å². The van der Waals surface area contributed by atoms with Crippen LogP contribution in [0.5, 0.6) is 0 Å². The molecule has 39 heavy (non-hydrogen) atoms. The molecule has 6 rings (SSSR count). The van der Waals surface area contributed by atoms with Crippen LogP contribution in [-0.4, -0.2) is 54.1 Å². The van der Waals surface area contributed by atoms with E-state index in [1.54, 1.807) is 7.11 Å². The lowest BCUT2D eigenvalue weighted by molar-refractivity contribution is -0.131. The van der Waals surface area contributed by atoms with Crippen molar-refractivity contribution in [2.75, 3.05) is 37.4 Å². The van der Waals surface area contributed by atoms with E-state index in [1.807, 2.05) is 61.5 Å². The number of rotatable bonds is 10. The molecule has 3 fully saturated rings. The summed E-state index contributed by atoms with van der Waals surface area (Å²) in [5.74, 6) is 1.18. The van der Waals surface area contributed by atoms with Gasteiger partial charge in [0.1, 0.15) is 17.2 Å². The van der Waals surface area contributed by atoms with Crippen molar-refractivity contribution in [2.24, 2.45) is 5.41 Å². The van der Waals surface area contributed by atoms with Gasteiger partial charge in [0, 0.05) is 37.5 Å². The third-order valence-electron chi connectivity index (χ3n) is 8.08. The molecule has 0 radical (unpaired) electrons. The second kappa shape index (κ2) is 10.6. The molecule has 9 nitrogen and oxygen atoms in total. The Bertz CT molecular complexity index is 1350. The number of anilines is 2. The van der Waals surface area contributed by atoms with E-state index < -0.39 is 5.54 Å². The Labute approximate surface area is 229 Å². The number of methoxy groups -OCH3 is 1. The molecule has 2 bridgehead atoms. The van der Waals surface area contributed by atoms with E-state index in [-0.39, 0.29) is 23.8 Å². The number of hydrogen-bond acceptors (Lipinski definition) is 7. The first-order valence-corrected chi connectivity index (χ1v) is 13.4. The second-order valence-corrected chi connectivity index (χ2v) is 10.7. The number of amides is 2. The van der Waals surface area contributed by atoms with Crippen LogP contribution in [0.4, 0.5) is 11.5 Å². The number of carbonyl (C=O) groups excluding carboxylic acids is 2. The number of fused-ring (bicyclic) bond motifs is 1. The summed E-state index contributed by atoms with van der Waals surface area (Å²) in [7, 11) is 1.62. The van der Waals surface area contributed by atoms with E-state index in [1.165, 1.54) is 0 Å². The van der Waals surface area contributed by atoms with Gasteiger partial charge in [0.15, 0.2) is 0 Å². The fraction of sp³-hybridized carbons (Fsp3) is 0.400. The lowest BCUT2D eigenvalue weighted by atomic mass is 9.60. The van der Waals surface area contributed by atoms with Crippen LogP contribution in [0.3, 0.4) is 0 Å². The van der Waals surface area contributed by atoms with E-state index in [0.29, 0.717) is 35.9 Å². The Kier molecular flexibility index (Phi) is 7.27. The zero-order chi connectivity index (χ0) is 27.6. The highest BCUT2D eigenvalue weighted by molar-refractivity contribution is 5.95. The van der Waals surface area contributed by atoms with Crippen LogP contribution >= 0.6 is 0 Å². The molecule has 0 atom stereocenters. The minimum absolute atomic E-state index is 0.0228. The van der Waals surface area contributed by atoms with Crippen molar-refractivity contribution in [1.29, 1.82) is 0 Å². The van der Waals surface area contributed by atoms with E-state index in [0.717, 1.165) is 42.8 Å². The van der Waals surface area contributed by atoms with Crippen LogP contribution in [0.1, 0.15) is 48.1 Å². The van der Waals surface area contributed by atoms with Gasteiger partial charge in [0.25, 0.3) is 5.91 Å². The summed E-state index contributed by atoms with van der Waals surface area (Å²) in [6, 6.07) is 17.0. The predicted molar refractivity (Wildman–Crippen MR) is 151 cm³/mol. The number of aromatic nitrogens is 2. The zero-order valence-electron chi connectivity index (χ0n) is 22.8. The van der Waals surface area contributed by atoms with Gasteiger partial charge in [-0.2, -0.15) is 0 Å². The Morgan fingerprint density at radius 2 is 1.69 bits per heavy atom. The smallest absolute Gasteiger partial charge is 0.251 e. The van der Waals surface area contributed by atoms with Gasteiger partial charge in [-0.25, -0.2) is 9.97 Å². The van der Waals surface area contributed by atoms with Crippen LogP contribution in [-0.2, 0) is 16.1 Å². The molecule has 4 N–H and O–H groups in total. The number of hydrogen-bond donors (Lipinski definition) is 3. The lowest BCUT2D eigenvalue weighted by Crippen LogP contribution is -2.60. The summed E-state index contributed by atoms with van der Waals surface area (Å²) < 4.78 is 5.11. The highest BCUT2D eigenvalue weighted by Crippen LogP contribution is 2.62. The number of benzene rings is 2. The number of aryl methyl sites for hydroxylation is 1. The van der Waals surface area contributed by atoms with Crippen molar-refractivity contribution in [3.05, 3.63) is 71.7 Å². The zero-order valence-corrected chi connectivity index (χ0v) is 22.8. The molecule has 9 heteroatoms.